The monoisotopic (exact) mass is 313 g/mol. The number of hydrogen-bond donors (Lipinski definition) is 1. The Balaban J connectivity index is 1.97. The molecule has 0 aliphatic heterocycles. The summed E-state index contributed by atoms with van der Waals surface area (Å²) in [6.07, 6.45) is 0. The van der Waals surface area contributed by atoms with Crippen LogP contribution in [0.3, 0.4) is 0 Å². The van der Waals surface area contributed by atoms with Gasteiger partial charge in [-0.15, -0.1) is 16.9 Å². The molecule has 0 bridgehead atoms. The Hall–Kier alpha value is -0.920. The molecule has 5 nitrogen and oxygen atoms in total. The maximum absolute atomic E-state index is 5.48. The molecule has 0 fully saturated rings. The maximum atomic E-state index is 5.48. The first-order valence-corrected chi connectivity index (χ1v) is 6.91. The molecule has 0 aliphatic carbocycles. The highest BCUT2D eigenvalue weighted by Gasteiger charge is 2.05. The standard InChI is InChI=1S/C10H12BrN5S/c11-8-1-3-9(4-2-8)17-7-10-13-14-15-16(10)6-5-12/h1-4H,5-7,12H2. The van der Waals surface area contributed by atoms with Crippen LogP contribution in [0.1, 0.15) is 5.82 Å². The molecule has 1 aromatic carbocycles. The third kappa shape index (κ3) is 3.52. The van der Waals surface area contributed by atoms with Crippen molar-refractivity contribution >= 4 is 27.7 Å². The Labute approximate surface area is 112 Å². The minimum Gasteiger partial charge on any atom is -0.329 e. The van der Waals surface area contributed by atoms with E-state index in [4.69, 9.17) is 5.73 Å². The van der Waals surface area contributed by atoms with Gasteiger partial charge in [0.25, 0.3) is 0 Å². The Morgan fingerprint density at radius 2 is 2.06 bits per heavy atom. The lowest BCUT2D eigenvalue weighted by Gasteiger charge is -2.03. The van der Waals surface area contributed by atoms with Crippen molar-refractivity contribution in [3.8, 4) is 0 Å². The second-order valence-corrected chi connectivity index (χ2v) is 5.31. The van der Waals surface area contributed by atoms with Crippen molar-refractivity contribution in [1.82, 2.24) is 20.2 Å². The molecule has 2 N–H and O–H groups in total. The SMILES string of the molecule is NCCn1nnnc1CSc1ccc(Br)cc1. The van der Waals surface area contributed by atoms with Crippen LogP contribution in [-0.4, -0.2) is 26.8 Å². The summed E-state index contributed by atoms with van der Waals surface area (Å²) in [5, 5.41) is 11.5. The van der Waals surface area contributed by atoms with Crippen molar-refractivity contribution < 1.29 is 0 Å². The molecule has 0 radical (unpaired) electrons. The van der Waals surface area contributed by atoms with Crippen molar-refractivity contribution in [2.24, 2.45) is 5.73 Å². The summed E-state index contributed by atoms with van der Waals surface area (Å²) in [6.45, 7) is 1.20. The number of aromatic nitrogens is 4. The highest BCUT2D eigenvalue weighted by atomic mass is 79.9. The van der Waals surface area contributed by atoms with Gasteiger partial charge in [-0.05, 0) is 34.7 Å². The molecule has 90 valence electrons. The molecule has 0 atom stereocenters. The molecule has 7 heteroatoms. The Morgan fingerprint density at radius 1 is 1.29 bits per heavy atom. The first-order valence-electron chi connectivity index (χ1n) is 5.13. The van der Waals surface area contributed by atoms with Gasteiger partial charge in [-0.1, -0.05) is 15.9 Å². The molecule has 1 heterocycles. The van der Waals surface area contributed by atoms with E-state index in [2.05, 4.69) is 43.6 Å². The highest BCUT2D eigenvalue weighted by Crippen LogP contribution is 2.23. The zero-order valence-electron chi connectivity index (χ0n) is 9.08. The number of rotatable bonds is 5. The van der Waals surface area contributed by atoms with Gasteiger partial charge >= 0.3 is 0 Å². The molecular weight excluding hydrogens is 302 g/mol. The second kappa shape index (κ2) is 6.13. The van der Waals surface area contributed by atoms with Crippen LogP contribution < -0.4 is 5.73 Å². The van der Waals surface area contributed by atoms with E-state index in [9.17, 15) is 0 Å². The Kier molecular flexibility index (Phi) is 4.52. The normalized spacial score (nSPS) is 10.7. The van der Waals surface area contributed by atoms with Crippen LogP contribution in [0.15, 0.2) is 33.6 Å². The number of tetrazole rings is 1. The summed E-state index contributed by atoms with van der Waals surface area (Å²) in [4.78, 5) is 1.19. The van der Waals surface area contributed by atoms with E-state index in [0.29, 0.717) is 13.1 Å². The number of thioether (sulfide) groups is 1. The smallest absolute Gasteiger partial charge is 0.161 e. The van der Waals surface area contributed by atoms with Crippen LogP contribution in [0.5, 0.6) is 0 Å². The zero-order chi connectivity index (χ0) is 12.1. The number of hydrogen-bond acceptors (Lipinski definition) is 5. The lowest BCUT2D eigenvalue weighted by Crippen LogP contribution is -2.13. The molecule has 0 saturated heterocycles. The van der Waals surface area contributed by atoms with E-state index in [1.54, 1.807) is 16.4 Å². The minimum atomic E-state index is 0.543. The lowest BCUT2D eigenvalue weighted by molar-refractivity contribution is 0.582. The maximum Gasteiger partial charge on any atom is 0.161 e. The van der Waals surface area contributed by atoms with Crippen LogP contribution in [0.2, 0.25) is 0 Å². The van der Waals surface area contributed by atoms with Gasteiger partial charge < -0.3 is 5.73 Å². The summed E-state index contributed by atoms with van der Waals surface area (Å²) in [5.74, 6) is 1.60. The number of benzene rings is 1. The van der Waals surface area contributed by atoms with E-state index < -0.39 is 0 Å². The van der Waals surface area contributed by atoms with Crippen molar-refractivity contribution in [2.75, 3.05) is 6.54 Å². The van der Waals surface area contributed by atoms with E-state index in [-0.39, 0.29) is 0 Å². The molecule has 2 rings (SSSR count). The van der Waals surface area contributed by atoms with Crippen molar-refractivity contribution in [2.45, 2.75) is 17.2 Å². The molecule has 1 aromatic heterocycles. The largest absolute Gasteiger partial charge is 0.329 e. The van der Waals surface area contributed by atoms with Crippen LogP contribution in [0.25, 0.3) is 0 Å². The van der Waals surface area contributed by atoms with E-state index in [0.717, 1.165) is 16.0 Å². The van der Waals surface area contributed by atoms with Gasteiger partial charge in [0.2, 0.25) is 0 Å². The van der Waals surface area contributed by atoms with Crippen LogP contribution in [0, 0.1) is 0 Å². The number of nitrogens with zero attached hydrogens (tertiary/aromatic N) is 4. The number of halogens is 1. The third-order valence-electron chi connectivity index (χ3n) is 2.13. The zero-order valence-corrected chi connectivity index (χ0v) is 11.5. The Morgan fingerprint density at radius 3 is 2.76 bits per heavy atom. The van der Waals surface area contributed by atoms with Crippen molar-refractivity contribution in [3.05, 3.63) is 34.6 Å². The fourth-order valence-corrected chi connectivity index (χ4v) is 2.40. The summed E-state index contributed by atoms with van der Waals surface area (Å²) in [7, 11) is 0. The van der Waals surface area contributed by atoms with Crippen molar-refractivity contribution in [1.29, 1.82) is 0 Å². The van der Waals surface area contributed by atoms with E-state index in [1.165, 1.54) is 4.90 Å². The summed E-state index contributed by atoms with van der Waals surface area (Å²) in [5.41, 5.74) is 5.48. The molecular formula is C10H12BrN5S. The van der Waals surface area contributed by atoms with Crippen molar-refractivity contribution in [3.63, 3.8) is 0 Å². The fourth-order valence-electron chi connectivity index (χ4n) is 1.30. The van der Waals surface area contributed by atoms with Crippen LogP contribution >= 0.6 is 27.7 Å². The van der Waals surface area contributed by atoms with Gasteiger partial charge in [0.15, 0.2) is 5.82 Å². The molecule has 0 amide bonds. The third-order valence-corrected chi connectivity index (χ3v) is 3.67. The lowest BCUT2D eigenvalue weighted by atomic mass is 10.4. The molecule has 0 aliphatic rings. The van der Waals surface area contributed by atoms with Gasteiger partial charge in [-0.25, -0.2) is 4.68 Å². The average Bonchev–Trinajstić information content (AvgIpc) is 2.77. The molecule has 17 heavy (non-hydrogen) atoms. The first-order chi connectivity index (χ1) is 8.29. The predicted octanol–water partition coefficient (Wildman–Crippen LogP) is 1.69. The van der Waals surface area contributed by atoms with Gasteiger partial charge in [0.05, 0.1) is 12.3 Å². The quantitative estimate of drug-likeness (QED) is 0.851. The topological polar surface area (TPSA) is 69.6 Å². The number of nitrogens with two attached hydrogens (primary N) is 1. The second-order valence-electron chi connectivity index (χ2n) is 3.35. The average molecular weight is 314 g/mol. The first kappa shape index (κ1) is 12.5. The highest BCUT2D eigenvalue weighted by molar-refractivity contribution is 9.10. The predicted molar refractivity (Wildman–Crippen MR) is 70.6 cm³/mol. The van der Waals surface area contributed by atoms with Crippen LogP contribution in [0.4, 0.5) is 0 Å². The van der Waals surface area contributed by atoms with Gasteiger partial charge in [-0.2, -0.15) is 0 Å². The summed E-state index contributed by atoms with van der Waals surface area (Å²) < 4.78 is 2.82. The Bertz CT molecular complexity index is 470. The van der Waals surface area contributed by atoms with Gasteiger partial charge in [0.1, 0.15) is 0 Å². The van der Waals surface area contributed by atoms with E-state index >= 15 is 0 Å². The molecule has 0 saturated carbocycles. The van der Waals surface area contributed by atoms with Crippen LogP contribution in [-0.2, 0) is 12.3 Å². The fraction of sp³-hybridized carbons (Fsp3) is 0.300. The minimum absolute atomic E-state index is 0.543. The molecule has 0 spiro atoms. The van der Waals surface area contributed by atoms with Gasteiger partial charge in [0, 0.05) is 15.9 Å². The molecule has 2 aromatic rings. The summed E-state index contributed by atoms with van der Waals surface area (Å²) in [6, 6.07) is 8.16. The van der Waals surface area contributed by atoms with E-state index in [1.807, 2.05) is 12.1 Å². The summed E-state index contributed by atoms with van der Waals surface area (Å²) >= 11 is 5.11. The molecule has 0 unspecified atom stereocenters. The van der Waals surface area contributed by atoms with Gasteiger partial charge in [-0.3, -0.25) is 0 Å².